The largest absolute Gasteiger partial charge is 0.477 e. The minimum atomic E-state index is -1.20. The molecule has 196 valence electrons. The number of hydrogen-bond donors (Lipinski definition) is 3. The molecule has 1 saturated heterocycles. The van der Waals surface area contributed by atoms with Crippen molar-refractivity contribution >= 4 is 58.2 Å². The van der Waals surface area contributed by atoms with Crippen LogP contribution in [0.5, 0.6) is 0 Å². The maximum Gasteiger partial charge on any atom is 0.420 e. The number of carbonyl (C=O) groups excluding carboxylic acids is 3. The summed E-state index contributed by atoms with van der Waals surface area (Å²) in [6.45, 7) is 1.21. The Labute approximate surface area is 224 Å². The zero-order chi connectivity index (χ0) is 27.1. The maximum atomic E-state index is 13.4. The number of carbonyl (C=O) groups is 4. The number of halogens is 1. The number of aliphatic carboxylic acids is 1. The van der Waals surface area contributed by atoms with Crippen LogP contribution in [0.15, 0.2) is 69.0 Å². The van der Waals surface area contributed by atoms with Gasteiger partial charge < -0.3 is 20.2 Å². The highest BCUT2D eigenvalue weighted by molar-refractivity contribution is 8.00. The number of thioether (sulfide) groups is 1. The van der Waals surface area contributed by atoms with E-state index in [4.69, 9.17) is 16.0 Å². The molecule has 13 heteroatoms. The molecule has 1 aromatic heterocycles. The van der Waals surface area contributed by atoms with Crippen LogP contribution in [0.3, 0.4) is 0 Å². The average molecular weight is 557 g/mol. The Kier molecular flexibility index (Phi) is 6.76. The van der Waals surface area contributed by atoms with E-state index < -0.39 is 53.4 Å². The summed E-state index contributed by atoms with van der Waals surface area (Å²) in [5.41, 5.74) is 1.52. The standard InChI is InChI=1S/C25H21ClN4O7S/c1-12-11-38-23-19(22(33)30(23)20(12)24(34)35)28-21(32)18(13-5-3-2-4-6-13)27-17(31)10-29-15-9-14(26)7-8-16(15)37-25(29)36/h2-9,18-19,23H,10-11H2,1H3,(H,27,31)(H,28,32)(H,34,35)/t18?,19?,23-/m1/s1. The highest BCUT2D eigenvalue weighted by Gasteiger charge is 2.54. The average Bonchev–Trinajstić information content (AvgIpc) is 3.19. The van der Waals surface area contributed by atoms with Crippen molar-refractivity contribution in [3.05, 3.63) is 80.9 Å². The highest BCUT2D eigenvalue weighted by atomic mass is 35.5. The molecule has 38 heavy (non-hydrogen) atoms. The van der Waals surface area contributed by atoms with E-state index >= 15 is 0 Å². The molecule has 1 fully saturated rings. The van der Waals surface area contributed by atoms with Crippen LogP contribution in [0.2, 0.25) is 5.02 Å². The summed E-state index contributed by atoms with van der Waals surface area (Å²) in [7, 11) is 0. The Morgan fingerprint density at radius 2 is 1.92 bits per heavy atom. The minimum absolute atomic E-state index is 0.0740. The lowest BCUT2D eigenvalue weighted by molar-refractivity contribution is -0.151. The zero-order valence-corrected chi connectivity index (χ0v) is 21.4. The number of carboxylic acids is 1. The van der Waals surface area contributed by atoms with Gasteiger partial charge in [-0.25, -0.2) is 9.59 Å². The van der Waals surface area contributed by atoms with E-state index in [1.54, 1.807) is 43.3 Å². The summed E-state index contributed by atoms with van der Waals surface area (Å²) in [4.78, 5) is 64.4. The molecule has 0 spiro atoms. The molecule has 0 aliphatic carbocycles. The fraction of sp³-hybridized carbons (Fsp3) is 0.240. The van der Waals surface area contributed by atoms with Gasteiger partial charge >= 0.3 is 11.7 Å². The van der Waals surface area contributed by atoms with Crippen LogP contribution in [0.4, 0.5) is 0 Å². The molecule has 0 radical (unpaired) electrons. The smallest absolute Gasteiger partial charge is 0.420 e. The summed E-state index contributed by atoms with van der Waals surface area (Å²) in [5.74, 6) is -3.41. The third-order valence-electron chi connectivity index (χ3n) is 6.29. The van der Waals surface area contributed by atoms with Gasteiger partial charge in [-0.05, 0) is 36.3 Å². The lowest BCUT2D eigenvalue weighted by Crippen LogP contribution is -2.71. The Balaban J connectivity index is 1.35. The number of nitrogens with one attached hydrogen (secondary N) is 2. The number of hydrogen-bond acceptors (Lipinski definition) is 7. The third-order valence-corrected chi connectivity index (χ3v) is 7.95. The van der Waals surface area contributed by atoms with Crippen molar-refractivity contribution in [2.75, 3.05) is 5.75 Å². The number of benzene rings is 2. The van der Waals surface area contributed by atoms with Gasteiger partial charge in [-0.2, -0.15) is 0 Å². The fourth-order valence-corrected chi connectivity index (χ4v) is 5.95. The van der Waals surface area contributed by atoms with Crippen LogP contribution in [0.25, 0.3) is 11.1 Å². The van der Waals surface area contributed by atoms with Crippen LogP contribution >= 0.6 is 23.4 Å². The number of oxazole rings is 1. The Morgan fingerprint density at radius 3 is 2.63 bits per heavy atom. The quantitative estimate of drug-likeness (QED) is 0.373. The second-order valence-electron chi connectivity index (χ2n) is 8.81. The number of aromatic nitrogens is 1. The molecular formula is C25H21ClN4O7S. The molecule has 3 heterocycles. The van der Waals surface area contributed by atoms with Crippen LogP contribution in [-0.2, 0) is 25.7 Å². The summed E-state index contributed by atoms with van der Waals surface area (Å²) >= 11 is 7.37. The number of carboxylic acid groups (broad SMARTS) is 1. The number of rotatable bonds is 7. The number of amides is 3. The van der Waals surface area contributed by atoms with Crippen LogP contribution in [0.1, 0.15) is 18.5 Å². The van der Waals surface area contributed by atoms with Gasteiger partial charge in [-0.3, -0.25) is 23.9 Å². The van der Waals surface area contributed by atoms with Gasteiger partial charge in [0.2, 0.25) is 11.8 Å². The molecule has 3 atom stereocenters. The Morgan fingerprint density at radius 1 is 1.18 bits per heavy atom. The molecule has 3 N–H and O–H groups in total. The molecule has 2 aliphatic heterocycles. The summed E-state index contributed by atoms with van der Waals surface area (Å²) in [5, 5.41) is 14.6. The molecule has 0 saturated carbocycles. The van der Waals surface area contributed by atoms with Gasteiger partial charge in [0, 0.05) is 10.8 Å². The zero-order valence-electron chi connectivity index (χ0n) is 19.8. The molecule has 5 rings (SSSR count). The van der Waals surface area contributed by atoms with Gasteiger partial charge in [0.25, 0.3) is 5.91 Å². The Bertz CT molecular complexity index is 1560. The first-order chi connectivity index (χ1) is 18.2. The maximum absolute atomic E-state index is 13.4. The monoisotopic (exact) mass is 556 g/mol. The second-order valence-corrected chi connectivity index (χ2v) is 10.3. The molecule has 3 amide bonds. The van der Waals surface area contributed by atoms with E-state index in [0.29, 0.717) is 27.4 Å². The van der Waals surface area contributed by atoms with Gasteiger partial charge in [-0.15, -0.1) is 11.8 Å². The minimum Gasteiger partial charge on any atom is -0.477 e. The third kappa shape index (κ3) is 4.56. The molecule has 2 aromatic carbocycles. The Hall–Kier alpha value is -4.03. The summed E-state index contributed by atoms with van der Waals surface area (Å²) < 4.78 is 6.26. The van der Waals surface area contributed by atoms with Crippen molar-refractivity contribution in [3.63, 3.8) is 0 Å². The topological polar surface area (TPSA) is 151 Å². The van der Waals surface area contributed by atoms with Crippen LogP contribution < -0.4 is 16.4 Å². The predicted octanol–water partition coefficient (Wildman–Crippen LogP) is 1.86. The first-order valence-electron chi connectivity index (χ1n) is 11.5. The van der Waals surface area contributed by atoms with Gasteiger partial charge in [0.15, 0.2) is 5.58 Å². The predicted molar refractivity (Wildman–Crippen MR) is 138 cm³/mol. The van der Waals surface area contributed by atoms with Crippen molar-refractivity contribution in [1.82, 2.24) is 20.1 Å². The van der Waals surface area contributed by atoms with Gasteiger partial charge in [0.1, 0.15) is 29.7 Å². The van der Waals surface area contributed by atoms with Crippen molar-refractivity contribution in [1.29, 1.82) is 0 Å². The lowest BCUT2D eigenvalue weighted by Gasteiger charge is -2.49. The number of nitrogens with zero attached hydrogens (tertiary/aromatic N) is 2. The van der Waals surface area contributed by atoms with Crippen LogP contribution in [0, 0.1) is 0 Å². The molecule has 3 aromatic rings. The van der Waals surface area contributed by atoms with Crippen molar-refractivity contribution in [3.8, 4) is 0 Å². The molecule has 11 nitrogen and oxygen atoms in total. The van der Waals surface area contributed by atoms with E-state index in [0.717, 1.165) is 4.57 Å². The summed E-state index contributed by atoms with van der Waals surface area (Å²) in [6, 6.07) is 10.8. The molecule has 2 aliphatic rings. The number of fused-ring (bicyclic) bond motifs is 2. The number of β-lactam (4-membered cyclic amide) rings is 1. The fourth-order valence-electron chi connectivity index (χ4n) is 4.49. The van der Waals surface area contributed by atoms with E-state index in [-0.39, 0.29) is 11.3 Å². The van der Waals surface area contributed by atoms with Crippen molar-refractivity contribution < 1.29 is 28.7 Å². The molecule has 0 bridgehead atoms. The van der Waals surface area contributed by atoms with E-state index in [9.17, 15) is 29.1 Å². The first-order valence-corrected chi connectivity index (χ1v) is 12.9. The lowest BCUT2D eigenvalue weighted by atomic mass is 10.0. The van der Waals surface area contributed by atoms with Gasteiger partial charge in [-0.1, -0.05) is 41.9 Å². The van der Waals surface area contributed by atoms with Gasteiger partial charge in [0.05, 0.1) is 5.52 Å². The van der Waals surface area contributed by atoms with E-state index in [2.05, 4.69) is 10.6 Å². The summed E-state index contributed by atoms with van der Waals surface area (Å²) in [6.07, 6.45) is 0. The molecular weight excluding hydrogens is 536 g/mol. The van der Waals surface area contributed by atoms with Crippen LogP contribution in [-0.4, -0.2) is 55.4 Å². The SMILES string of the molecule is CC1=C(C(=O)O)N2C(=O)C(NC(=O)C(NC(=O)Cn3c(=O)oc4ccc(Cl)cc43)c3ccccc3)[C@H]2SC1. The van der Waals surface area contributed by atoms with E-state index in [1.165, 1.54) is 28.8 Å². The normalized spacial score (nSPS) is 19.5. The van der Waals surface area contributed by atoms with Crippen molar-refractivity contribution in [2.45, 2.75) is 30.9 Å². The molecule has 2 unspecified atom stereocenters. The highest BCUT2D eigenvalue weighted by Crippen LogP contribution is 2.40. The van der Waals surface area contributed by atoms with E-state index in [1.807, 2.05) is 0 Å². The van der Waals surface area contributed by atoms with Crippen molar-refractivity contribution in [2.24, 2.45) is 0 Å². The second kappa shape index (κ2) is 10.0. The first kappa shape index (κ1) is 25.6.